The van der Waals surface area contributed by atoms with Crippen molar-refractivity contribution in [3.05, 3.63) is 0 Å². The van der Waals surface area contributed by atoms with Crippen LogP contribution in [-0.4, -0.2) is 22.8 Å². The van der Waals surface area contributed by atoms with Gasteiger partial charge in [0.25, 0.3) is 0 Å². The molecule has 0 aromatic carbocycles. The molecule has 3 fully saturated rings. The summed E-state index contributed by atoms with van der Waals surface area (Å²) in [6.45, 7) is 0. The van der Waals surface area contributed by atoms with Gasteiger partial charge in [-0.1, -0.05) is 32.1 Å². The molecule has 2 heteroatoms. The lowest BCUT2D eigenvalue weighted by atomic mass is 9.64. The lowest BCUT2D eigenvalue weighted by molar-refractivity contribution is -0.101. The van der Waals surface area contributed by atoms with Crippen LogP contribution < -0.4 is 5.32 Å². The first-order valence-corrected chi connectivity index (χ1v) is 7.77. The van der Waals surface area contributed by atoms with Gasteiger partial charge < -0.3 is 10.4 Å². The predicted octanol–water partition coefficient (Wildman–Crippen LogP) is 2.99. The number of hydrogen-bond acceptors (Lipinski definition) is 2. The summed E-state index contributed by atoms with van der Waals surface area (Å²) in [4.78, 5) is 0. The topological polar surface area (TPSA) is 32.3 Å². The third-order valence-electron chi connectivity index (χ3n) is 5.53. The van der Waals surface area contributed by atoms with Gasteiger partial charge in [-0.25, -0.2) is 0 Å². The second-order valence-corrected chi connectivity index (χ2v) is 6.57. The zero-order valence-corrected chi connectivity index (χ0v) is 11.0. The van der Waals surface area contributed by atoms with E-state index in [2.05, 4.69) is 5.32 Å². The van der Waals surface area contributed by atoms with Crippen LogP contribution in [0.1, 0.15) is 70.6 Å². The van der Waals surface area contributed by atoms with Gasteiger partial charge in [-0.15, -0.1) is 0 Å². The molecule has 3 saturated carbocycles. The number of fused-ring (bicyclic) bond motifs is 1. The molecule has 0 unspecified atom stereocenters. The first-order valence-electron chi connectivity index (χ1n) is 7.77. The van der Waals surface area contributed by atoms with Crippen molar-refractivity contribution in [1.82, 2.24) is 5.32 Å². The Balaban J connectivity index is 1.68. The van der Waals surface area contributed by atoms with Gasteiger partial charge in [0, 0.05) is 12.1 Å². The maximum atomic E-state index is 11.0. The molecule has 3 atom stereocenters. The molecule has 3 rings (SSSR count). The van der Waals surface area contributed by atoms with E-state index in [-0.39, 0.29) is 5.60 Å². The fourth-order valence-corrected chi connectivity index (χ4v) is 4.53. The lowest BCUT2D eigenvalue weighted by Gasteiger charge is -2.50. The second kappa shape index (κ2) is 4.89. The van der Waals surface area contributed by atoms with Crippen molar-refractivity contribution in [2.45, 2.75) is 88.3 Å². The largest absolute Gasteiger partial charge is 0.388 e. The van der Waals surface area contributed by atoms with Crippen LogP contribution in [0.4, 0.5) is 0 Å². The minimum Gasteiger partial charge on any atom is -0.388 e. The smallest absolute Gasteiger partial charge is 0.0828 e. The van der Waals surface area contributed by atoms with Crippen molar-refractivity contribution >= 4 is 0 Å². The summed E-state index contributed by atoms with van der Waals surface area (Å²) in [6, 6.07) is 1.09. The SMILES string of the molecule is O[C@]12CCCC[C@@H]1CCC[C@H]2NC1CCCC1. The maximum absolute atomic E-state index is 11.0. The average Bonchev–Trinajstić information content (AvgIpc) is 2.83. The molecule has 2 N–H and O–H groups in total. The van der Waals surface area contributed by atoms with E-state index in [0.717, 1.165) is 6.42 Å². The van der Waals surface area contributed by atoms with Gasteiger partial charge in [0.15, 0.2) is 0 Å². The number of nitrogens with one attached hydrogen (secondary N) is 1. The molecule has 0 saturated heterocycles. The van der Waals surface area contributed by atoms with Crippen LogP contribution in [-0.2, 0) is 0 Å². The molecule has 0 heterocycles. The summed E-state index contributed by atoms with van der Waals surface area (Å²) in [6.07, 6.45) is 14.1. The van der Waals surface area contributed by atoms with Crippen molar-refractivity contribution in [2.75, 3.05) is 0 Å². The highest BCUT2D eigenvalue weighted by atomic mass is 16.3. The van der Waals surface area contributed by atoms with Gasteiger partial charge >= 0.3 is 0 Å². The Kier molecular flexibility index (Phi) is 3.45. The molecule has 0 amide bonds. The summed E-state index contributed by atoms with van der Waals surface area (Å²) in [5.41, 5.74) is -0.362. The van der Waals surface area contributed by atoms with E-state index in [1.165, 1.54) is 64.2 Å². The van der Waals surface area contributed by atoms with Crippen molar-refractivity contribution in [2.24, 2.45) is 5.92 Å². The van der Waals surface area contributed by atoms with E-state index in [0.29, 0.717) is 18.0 Å². The zero-order chi connectivity index (χ0) is 11.7. The summed E-state index contributed by atoms with van der Waals surface area (Å²) in [5.74, 6) is 0.587. The molecule has 0 aromatic heterocycles. The molecule has 0 spiro atoms. The standard InChI is InChI=1S/C15H27NO/c17-15-11-4-3-6-12(15)7-5-10-14(15)16-13-8-1-2-9-13/h12-14,16-17H,1-11H2/t12-,14-,15-/m1/s1. The summed E-state index contributed by atoms with van der Waals surface area (Å²) >= 11 is 0. The van der Waals surface area contributed by atoms with E-state index < -0.39 is 0 Å². The molecule has 0 aliphatic heterocycles. The van der Waals surface area contributed by atoms with Crippen LogP contribution in [0, 0.1) is 5.92 Å². The summed E-state index contributed by atoms with van der Waals surface area (Å²) in [5, 5.41) is 14.9. The average molecular weight is 237 g/mol. The molecular weight excluding hydrogens is 210 g/mol. The molecule has 17 heavy (non-hydrogen) atoms. The van der Waals surface area contributed by atoms with Crippen LogP contribution >= 0.6 is 0 Å². The van der Waals surface area contributed by atoms with Crippen molar-refractivity contribution in [1.29, 1.82) is 0 Å². The van der Waals surface area contributed by atoms with Gasteiger partial charge in [-0.05, 0) is 44.4 Å². The molecule has 98 valence electrons. The minimum atomic E-state index is -0.362. The van der Waals surface area contributed by atoms with Crippen molar-refractivity contribution < 1.29 is 5.11 Å². The molecule has 0 aromatic rings. The minimum absolute atomic E-state index is 0.362. The van der Waals surface area contributed by atoms with Crippen LogP contribution in [0.2, 0.25) is 0 Å². The molecule has 2 nitrogen and oxygen atoms in total. The lowest BCUT2D eigenvalue weighted by Crippen LogP contribution is -2.60. The Morgan fingerprint density at radius 1 is 0.824 bits per heavy atom. The third kappa shape index (κ3) is 2.26. The zero-order valence-electron chi connectivity index (χ0n) is 11.0. The Morgan fingerprint density at radius 3 is 2.35 bits per heavy atom. The van der Waals surface area contributed by atoms with Gasteiger partial charge in [0.05, 0.1) is 5.60 Å². The maximum Gasteiger partial charge on any atom is 0.0828 e. The van der Waals surface area contributed by atoms with E-state index in [9.17, 15) is 5.11 Å². The Hall–Kier alpha value is -0.0800. The van der Waals surface area contributed by atoms with Crippen molar-refractivity contribution in [3.63, 3.8) is 0 Å². The molecule has 3 aliphatic rings. The molecule has 3 aliphatic carbocycles. The van der Waals surface area contributed by atoms with Gasteiger partial charge in [-0.2, -0.15) is 0 Å². The number of aliphatic hydroxyl groups is 1. The van der Waals surface area contributed by atoms with Gasteiger partial charge in [0.1, 0.15) is 0 Å². The molecule has 0 bridgehead atoms. The molecule has 0 radical (unpaired) electrons. The van der Waals surface area contributed by atoms with Crippen LogP contribution in [0.5, 0.6) is 0 Å². The third-order valence-corrected chi connectivity index (χ3v) is 5.53. The van der Waals surface area contributed by atoms with Crippen LogP contribution in [0.15, 0.2) is 0 Å². The van der Waals surface area contributed by atoms with E-state index in [1.807, 2.05) is 0 Å². The fourth-order valence-electron chi connectivity index (χ4n) is 4.53. The van der Waals surface area contributed by atoms with Gasteiger partial charge in [0.2, 0.25) is 0 Å². The van der Waals surface area contributed by atoms with Crippen molar-refractivity contribution in [3.8, 4) is 0 Å². The van der Waals surface area contributed by atoms with Crippen LogP contribution in [0.3, 0.4) is 0 Å². The highest BCUT2D eigenvalue weighted by Gasteiger charge is 2.47. The highest BCUT2D eigenvalue weighted by molar-refractivity contribution is 5.03. The Bertz CT molecular complexity index is 260. The second-order valence-electron chi connectivity index (χ2n) is 6.57. The first-order chi connectivity index (χ1) is 8.29. The fraction of sp³-hybridized carbons (Fsp3) is 1.00. The van der Waals surface area contributed by atoms with E-state index in [1.54, 1.807) is 0 Å². The first kappa shape index (κ1) is 12.0. The number of rotatable bonds is 2. The predicted molar refractivity (Wildman–Crippen MR) is 69.9 cm³/mol. The quantitative estimate of drug-likeness (QED) is 0.774. The van der Waals surface area contributed by atoms with E-state index >= 15 is 0 Å². The Labute approximate surface area is 105 Å². The summed E-state index contributed by atoms with van der Waals surface area (Å²) < 4.78 is 0. The highest BCUT2D eigenvalue weighted by Crippen LogP contribution is 2.44. The monoisotopic (exact) mass is 237 g/mol. The van der Waals surface area contributed by atoms with E-state index in [4.69, 9.17) is 0 Å². The van der Waals surface area contributed by atoms with Crippen LogP contribution in [0.25, 0.3) is 0 Å². The molecular formula is C15H27NO. The van der Waals surface area contributed by atoms with Gasteiger partial charge in [-0.3, -0.25) is 0 Å². The normalized spacial score (nSPS) is 43.6. The Morgan fingerprint density at radius 2 is 1.53 bits per heavy atom. The summed E-state index contributed by atoms with van der Waals surface area (Å²) in [7, 11) is 0. The number of hydrogen-bond donors (Lipinski definition) is 2.